The minimum Gasteiger partial charge on any atom is -0.481 e. The van der Waals surface area contributed by atoms with Crippen LogP contribution in [0, 0.1) is 0 Å². The third-order valence-electron chi connectivity index (χ3n) is 2.28. The van der Waals surface area contributed by atoms with E-state index in [9.17, 15) is 14.7 Å². The molecule has 9 heteroatoms. The number of carbonyl (C=O) groups is 2. The molecule has 1 unspecified atom stereocenters. The van der Waals surface area contributed by atoms with Crippen LogP contribution in [0.5, 0.6) is 0 Å². The molecule has 20 heavy (non-hydrogen) atoms. The predicted molar refractivity (Wildman–Crippen MR) is 74.0 cm³/mol. The number of hydrogen-bond acceptors (Lipinski definition) is 6. The van der Waals surface area contributed by atoms with E-state index in [0.717, 1.165) is 0 Å². The van der Waals surface area contributed by atoms with E-state index in [4.69, 9.17) is 16.7 Å². The summed E-state index contributed by atoms with van der Waals surface area (Å²) < 4.78 is 0. The molecule has 1 rings (SSSR count). The summed E-state index contributed by atoms with van der Waals surface area (Å²) >= 11 is 7.08. The summed E-state index contributed by atoms with van der Waals surface area (Å²) in [6.07, 6.45) is 2.58. The molecule has 0 aliphatic rings. The quantitative estimate of drug-likeness (QED) is 0.525. The number of carboxylic acids is 1. The number of nitrogens with zero attached hydrogens (tertiary/aromatic N) is 2. The van der Waals surface area contributed by atoms with Crippen LogP contribution in [0.15, 0.2) is 11.4 Å². The van der Waals surface area contributed by atoms with Crippen molar-refractivity contribution >= 4 is 35.2 Å². The summed E-state index contributed by atoms with van der Waals surface area (Å²) in [5.41, 5.74) is -1.57. The smallest absolute Gasteiger partial charge is 0.306 e. The van der Waals surface area contributed by atoms with Gasteiger partial charge in [0.1, 0.15) is 0 Å². The summed E-state index contributed by atoms with van der Waals surface area (Å²) in [5, 5.41) is 21.3. The molecule has 0 fully saturated rings. The molecule has 0 radical (unpaired) electrons. The van der Waals surface area contributed by atoms with Crippen LogP contribution in [0.1, 0.15) is 23.8 Å². The Hall–Kier alpha value is -1.38. The average Bonchev–Trinajstić information content (AvgIpc) is 2.35. The molecule has 7 nitrogen and oxygen atoms in total. The van der Waals surface area contributed by atoms with Crippen molar-refractivity contribution in [2.24, 2.45) is 0 Å². The first-order valence-electron chi connectivity index (χ1n) is 5.54. The molecule has 1 aromatic rings. The molecule has 0 aliphatic carbocycles. The molecule has 0 bridgehead atoms. The van der Waals surface area contributed by atoms with Crippen molar-refractivity contribution in [2.75, 3.05) is 12.8 Å². The van der Waals surface area contributed by atoms with Gasteiger partial charge in [-0.25, -0.2) is 9.97 Å². The van der Waals surface area contributed by atoms with Crippen LogP contribution in [0.3, 0.4) is 0 Å². The Morgan fingerprint density at radius 2 is 2.20 bits per heavy atom. The fourth-order valence-electron chi connectivity index (χ4n) is 1.35. The summed E-state index contributed by atoms with van der Waals surface area (Å²) in [4.78, 5) is 30.3. The summed E-state index contributed by atoms with van der Waals surface area (Å²) in [5.74, 6) is -1.76. The van der Waals surface area contributed by atoms with Gasteiger partial charge in [-0.2, -0.15) is 0 Å². The lowest BCUT2D eigenvalue weighted by molar-refractivity contribution is -0.141. The van der Waals surface area contributed by atoms with E-state index < -0.39 is 23.9 Å². The lowest BCUT2D eigenvalue weighted by Crippen LogP contribution is -2.42. The van der Waals surface area contributed by atoms with E-state index in [0.29, 0.717) is 5.16 Å². The van der Waals surface area contributed by atoms with Crippen LogP contribution in [-0.4, -0.2) is 50.5 Å². The third-order valence-corrected chi connectivity index (χ3v) is 3.12. The van der Waals surface area contributed by atoms with Gasteiger partial charge in [-0.15, -0.1) is 0 Å². The molecule has 110 valence electrons. The Labute approximate surface area is 124 Å². The third kappa shape index (κ3) is 4.95. The largest absolute Gasteiger partial charge is 0.481 e. The average molecular weight is 320 g/mol. The zero-order valence-corrected chi connectivity index (χ0v) is 12.5. The number of nitrogens with one attached hydrogen (secondary N) is 1. The first-order valence-corrected chi connectivity index (χ1v) is 7.14. The number of amides is 1. The molecule has 0 saturated carbocycles. The number of hydrogen-bond donors (Lipinski definition) is 3. The van der Waals surface area contributed by atoms with Crippen molar-refractivity contribution in [3.05, 3.63) is 16.9 Å². The van der Waals surface area contributed by atoms with E-state index in [1.165, 1.54) is 24.9 Å². The van der Waals surface area contributed by atoms with Crippen molar-refractivity contribution in [1.82, 2.24) is 15.3 Å². The summed E-state index contributed by atoms with van der Waals surface area (Å²) in [6, 6.07) is 0. The van der Waals surface area contributed by atoms with Gasteiger partial charge in [0.2, 0.25) is 0 Å². The van der Waals surface area contributed by atoms with E-state index in [-0.39, 0.29) is 17.3 Å². The fourth-order valence-corrected chi connectivity index (χ4v) is 1.87. The van der Waals surface area contributed by atoms with Gasteiger partial charge in [0.25, 0.3) is 5.91 Å². The molecular weight excluding hydrogens is 306 g/mol. The minimum absolute atomic E-state index is 0.0165. The number of aliphatic hydroxyl groups is 1. The number of carboxylic acid groups (broad SMARTS) is 1. The number of aromatic nitrogens is 2. The molecule has 1 atom stereocenters. The summed E-state index contributed by atoms with van der Waals surface area (Å²) in [6.45, 7) is 1.09. The Kier molecular flexibility index (Phi) is 5.73. The Morgan fingerprint density at radius 1 is 1.55 bits per heavy atom. The monoisotopic (exact) mass is 319 g/mol. The van der Waals surface area contributed by atoms with E-state index >= 15 is 0 Å². The molecule has 0 aromatic carbocycles. The van der Waals surface area contributed by atoms with Gasteiger partial charge >= 0.3 is 5.97 Å². The van der Waals surface area contributed by atoms with Crippen LogP contribution >= 0.6 is 23.4 Å². The highest BCUT2D eigenvalue weighted by Gasteiger charge is 2.25. The molecule has 3 N–H and O–H groups in total. The Bertz CT molecular complexity index is 524. The Morgan fingerprint density at radius 3 is 2.75 bits per heavy atom. The zero-order chi connectivity index (χ0) is 15.3. The van der Waals surface area contributed by atoms with Crippen molar-refractivity contribution in [2.45, 2.75) is 24.1 Å². The normalized spacial score (nSPS) is 13.6. The number of carbonyl (C=O) groups excluding carboxylic acids is 1. The van der Waals surface area contributed by atoms with E-state index in [1.54, 1.807) is 6.26 Å². The van der Waals surface area contributed by atoms with Gasteiger partial charge in [0.05, 0.1) is 23.2 Å². The van der Waals surface area contributed by atoms with Crippen LogP contribution in [0.4, 0.5) is 0 Å². The number of aliphatic carboxylic acids is 1. The maximum absolute atomic E-state index is 11.9. The number of rotatable bonds is 6. The fraction of sp³-hybridized carbons (Fsp3) is 0.455. The first kappa shape index (κ1) is 16.7. The highest BCUT2D eigenvalue weighted by Crippen LogP contribution is 2.16. The first-order chi connectivity index (χ1) is 9.25. The van der Waals surface area contributed by atoms with Crippen molar-refractivity contribution in [3.8, 4) is 0 Å². The van der Waals surface area contributed by atoms with Crippen molar-refractivity contribution in [1.29, 1.82) is 0 Å². The highest BCUT2D eigenvalue weighted by atomic mass is 35.5. The molecule has 1 heterocycles. The molecular formula is C11H14ClN3O4S. The topological polar surface area (TPSA) is 112 Å². The number of halogens is 1. The Balaban J connectivity index is 2.74. The van der Waals surface area contributed by atoms with Gasteiger partial charge in [-0.3, -0.25) is 9.59 Å². The predicted octanol–water partition coefficient (Wildman–Crippen LogP) is 0.807. The van der Waals surface area contributed by atoms with Crippen LogP contribution < -0.4 is 5.32 Å². The minimum atomic E-state index is -1.55. The zero-order valence-electron chi connectivity index (χ0n) is 10.9. The van der Waals surface area contributed by atoms with Crippen LogP contribution in [0.25, 0.3) is 0 Å². The van der Waals surface area contributed by atoms with Gasteiger partial charge in [-0.05, 0) is 13.2 Å². The van der Waals surface area contributed by atoms with Gasteiger partial charge < -0.3 is 15.5 Å². The second kappa shape index (κ2) is 6.87. The molecule has 0 spiro atoms. The van der Waals surface area contributed by atoms with E-state index in [2.05, 4.69) is 15.3 Å². The maximum Gasteiger partial charge on any atom is 0.306 e. The van der Waals surface area contributed by atoms with Gasteiger partial charge in [-0.1, -0.05) is 23.4 Å². The van der Waals surface area contributed by atoms with Gasteiger partial charge in [0, 0.05) is 6.54 Å². The van der Waals surface area contributed by atoms with Gasteiger partial charge in [0.15, 0.2) is 10.9 Å². The summed E-state index contributed by atoms with van der Waals surface area (Å²) in [7, 11) is 0. The molecule has 1 aromatic heterocycles. The lowest BCUT2D eigenvalue weighted by Gasteiger charge is -2.21. The number of thioether (sulfide) groups is 1. The second-order valence-electron chi connectivity index (χ2n) is 4.30. The highest BCUT2D eigenvalue weighted by molar-refractivity contribution is 7.98. The molecule has 0 aliphatic heterocycles. The lowest BCUT2D eigenvalue weighted by atomic mass is 10.0. The van der Waals surface area contributed by atoms with Crippen molar-refractivity contribution in [3.63, 3.8) is 0 Å². The standard InChI is InChI=1S/C11H14ClN3O4S/c1-11(19,3-7(16)17)5-14-9(18)8-6(12)4-13-10(15-8)20-2/h4,19H,3,5H2,1-2H3,(H,14,18)(H,16,17). The SMILES string of the molecule is CSc1ncc(Cl)c(C(=O)NCC(C)(O)CC(=O)O)n1. The molecule has 1 amide bonds. The second-order valence-corrected chi connectivity index (χ2v) is 5.48. The van der Waals surface area contributed by atoms with Crippen molar-refractivity contribution < 1.29 is 19.8 Å². The maximum atomic E-state index is 11.9. The van der Waals surface area contributed by atoms with Crippen LogP contribution in [-0.2, 0) is 4.79 Å². The molecule has 0 saturated heterocycles. The van der Waals surface area contributed by atoms with Crippen LogP contribution in [0.2, 0.25) is 5.02 Å². The van der Waals surface area contributed by atoms with E-state index in [1.807, 2.05) is 0 Å².